The maximum atomic E-state index is 14.5. The Kier molecular flexibility index (Phi) is 13.4. The molecule has 4 bridgehead atoms. The standard InChI is InChI=1S/C42H41ClN6O8/c1-23-38(52)48-35(42(56)57)18-24-6-15-36(51)32(17-24)31-20-28(19-29(21-45)33(31)22-50)37(40(54)46-23)49(2)41(55)34(5-3-4-16-44)47-39(53)27-9-7-25(8-10-27)26-11-13-30(43)14-12-26/h6-15,17,19-20,22-23,34-35,37,51H,3-5,16,18,44H2,1-2H3,(H,46,54)(H,47,53)(H,48,52)(H,56,57)/t23-,34-,35-,37-/m0/s1. The molecule has 57 heavy (non-hydrogen) atoms. The van der Waals surface area contributed by atoms with E-state index in [-0.39, 0.29) is 52.0 Å². The lowest BCUT2D eigenvalue weighted by Gasteiger charge is -2.32. The Balaban J connectivity index is 1.57. The number of phenolic OH excluding ortho intramolecular Hbond substituents is 1. The number of aldehydes is 1. The van der Waals surface area contributed by atoms with Crippen LogP contribution in [0.5, 0.6) is 5.75 Å². The van der Waals surface area contributed by atoms with Gasteiger partial charge in [0.1, 0.15) is 29.9 Å². The van der Waals surface area contributed by atoms with E-state index in [1.54, 1.807) is 36.4 Å². The number of hydrogen-bond donors (Lipinski definition) is 6. The fourth-order valence-electron chi connectivity index (χ4n) is 6.66. The van der Waals surface area contributed by atoms with Gasteiger partial charge in [0.25, 0.3) is 5.91 Å². The van der Waals surface area contributed by atoms with Crippen molar-refractivity contribution in [3.05, 3.63) is 112 Å². The van der Waals surface area contributed by atoms with Crippen molar-refractivity contribution in [2.24, 2.45) is 5.73 Å². The molecule has 0 aromatic heterocycles. The van der Waals surface area contributed by atoms with Gasteiger partial charge in [-0.25, -0.2) is 4.79 Å². The van der Waals surface area contributed by atoms with Gasteiger partial charge in [-0.2, -0.15) is 5.26 Å². The third-order valence-corrected chi connectivity index (χ3v) is 10.0. The first kappa shape index (κ1) is 41.6. The number of nitriles is 1. The number of carbonyl (C=O) groups excluding carboxylic acids is 5. The summed E-state index contributed by atoms with van der Waals surface area (Å²) in [7, 11) is 1.32. The molecule has 1 aliphatic rings. The van der Waals surface area contributed by atoms with Crippen LogP contribution in [0.1, 0.15) is 69.6 Å². The topological polar surface area (TPSA) is 232 Å². The smallest absolute Gasteiger partial charge is 0.326 e. The number of likely N-dealkylation sites (N-methyl/N-ethyl adjacent to an activating group) is 1. The van der Waals surface area contributed by atoms with Crippen LogP contribution in [0.15, 0.2) is 78.9 Å². The minimum absolute atomic E-state index is 0.0351. The van der Waals surface area contributed by atoms with Gasteiger partial charge in [0.2, 0.25) is 17.7 Å². The summed E-state index contributed by atoms with van der Waals surface area (Å²) >= 11 is 6.02. The highest BCUT2D eigenvalue weighted by atomic mass is 35.5. The molecule has 14 nitrogen and oxygen atoms in total. The summed E-state index contributed by atoms with van der Waals surface area (Å²) in [4.78, 5) is 81.5. The minimum atomic E-state index is -1.57. The Hall–Kier alpha value is -6.56. The molecule has 0 fully saturated rings. The zero-order valence-electron chi connectivity index (χ0n) is 31.1. The van der Waals surface area contributed by atoms with Gasteiger partial charge >= 0.3 is 5.97 Å². The lowest BCUT2D eigenvalue weighted by atomic mass is 9.89. The Morgan fingerprint density at radius 2 is 1.65 bits per heavy atom. The largest absolute Gasteiger partial charge is 0.507 e. The average Bonchev–Trinajstić information content (AvgIpc) is 3.20. The van der Waals surface area contributed by atoms with Crippen molar-refractivity contribution in [2.75, 3.05) is 13.6 Å². The highest BCUT2D eigenvalue weighted by Crippen LogP contribution is 2.37. The summed E-state index contributed by atoms with van der Waals surface area (Å²) in [6, 6.07) is 17.2. The molecular formula is C42H41ClN6O8. The molecule has 15 heteroatoms. The summed E-state index contributed by atoms with van der Waals surface area (Å²) in [6.07, 6.45) is 1.29. The van der Waals surface area contributed by atoms with Gasteiger partial charge in [-0.1, -0.05) is 41.9 Å². The highest BCUT2D eigenvalue weighted by molar-refractivity contribution is 6.30. The van der Waals surface area contributed by atoms with Crippen LogP contribution >= 0.6 is 11.6 Å². The number of aliphatic carboxylic acids is 1. The molecule has 1 heterocycles. The van der Waals surface area contributed by atoms with Crippen LogP contribution in [-0.2, 0) is 25.6 Å². The van der Waals surface area contributed by atoms with Crippen molar-refractivity contribution in [2.45, 2.75) is 56.8 Å². The maximum Gasteiger partial charge on any atom is 0.326 e. The van der Waals surface area contributed by atoms with Crippen molar-refractivity contribution in [3.63, 3.8) is 0 Å². The second kappa shape index (κ2) is 18.4. The Morgan fingerprint density at radius 1 is 0.982 bits per heavy atom. The van der Waals surface area contributed by atoms with Crippen LogP contribution in [0.4, 0.5) is 0 Å². The van der Waals surface area contributed by atoms with Gasteiger partial charge < -0.3 is 36.8 Å². The van der Waals surface area contributed by atoms with Crippen molar-refractivity contribution in [3.8, 4) is 34.1 Å². The first-order valence-corrected chi connectivity index (χ1v) is 18.5. The van der Waals surface area contributed by atoms with Crippen molar-refractivity contribution in [1.82, 2.24) is 20.9 Å². The maximum absolute atomic E-state index is 14.5. The molecule has 7 N–H and O–H groups in total. The summed E-state index contributed by atoms with van der Waals surface area (Å²) in [5.74, 6) is -4.68. The number of benzene rings is 4. The number of phenols is 1. The molecule has 4 aromatic rings. The molecule has 0 spiro atoms. The molecule has 0 saturated heterocycles. The number of unbranched alkanes of at least 4 members (excludes halogenated alkanes) is 1. The Morgan fingerprint density at radius 3 is 2.26 bits per heavy atom. The van der Waals surface area contributed by atoms with E-state index >= 15 is 0 Å². The van der Waals surface area contributed by atoms with Crippen LogP contribution in [0.25, 0.3) is 22.3 Å². The molecule has 4 amide bonds. The number of nitrogens with two attached hydrogens (primary N) is 1. The van der Waals surface area contributed by atoms with Gasteiger partial charge in [0, 0.05) is 35.2 Å². The monoisotopic (exact) mass is 792 g/mol. The number of hydrogen-bond acceptors (Lipinski definition) is 9. The van der Waals surface area contributed by atoms with E-state index in [1.807, 2.05) is 18.2 Å². The van der Waals surface area contributed by atoms with Crippen LogP contribution in [-0.4, -0.2) is 82.7 Å². The van der Waals surface area contributed by atoms with E-state index in [4.69, 9.17) is 17.3 Å². The fraction of sp³-hybridized carbons (Fsp3) is 0.262. The molecule has 0 saturated carbocycles. The van der Waals surface area contributed by atoms with E-state index in [2.05, 4.69) is 16.0 Å². The zero-order valence-corrected chi connectivity index (χ0v) is 31.9. The minimum Gasteiger partial charge on any atom is -0.507 e. The van der Waals surface area contributed by atoms with Gasteiger partial charge in [-0.3, -0.25) is 24.0 Å². The second-order valence-electron chi connectivity index (χ2n) is 13.7. The zero-order chi connectivity index (χ0) is 41.4. The molecule has 5 rings (SSSR count). The summed E-state index contributed by atoms with van der Waals surface area (Å²) in [5, 5.41) is 39.5. The quantitative estimate of drug-likeness (QED) is 0.0940. The molecule has 0 aliphatic carbocycles. The Labute approximate surface area is 333 Å². The third-order valence-electron chi connectivity index (χ3n) is 9.77. The highest BCUT2D eigenvalue weighted by Gasteiger charge is 2.36. The predicted octanol–water partition coefficient (Wildman–Crippen LogP) is 4.12. The summed E-state index contributed by atoms with van der Waals surface area (Å²) < 4.78 is 0. The number of nitrogens with zero attached hydrogens (tertiary/aromatic N) is 2. The van der Waals surface area contributed by atoms with Crippen molar-refractivity contribution >= 4 is 47.5 Å². The fourth-order valence-corrected chi connectivity index (χ4v) is 6.79. The molecular weight excluding hydrogens is 752 g/mol. The van der Waals surface area contributed by atoms with E-state index in [0.29, 0.717) is 36.3 Å². The van der Waals surface area contributed by atoms with Gasteiger partial charge in [0.15, 0.2) is 6.29 Å². The molecule has 294 valence electrons. The third kappa shape index (κ3) is 9.64. The van der Waals surface area contributed by atoms with Gasteiger partial charge in [0.05, 0.1) is 11.6 Å². The number of rotatable bonds is 11. The average molecular weight is 793 g/mol. The molecule has 4 aromatic carbocycles. The lowest BCUT2D eigenvalue weighted by molar-refractivity contribution is -0.143. The van der Waals surface area contributed by atoms with Crippen LogP contribution in [0.3, 0.4) is 0 Å². The number of aromatic hydroxyl groups is 1. The first-order valence-electron chi connectivity index (χ1n) is 18.1. The number of nitrogens with one attached hydrogen (secondary N) is 3. The lowest BCUT2D eigenvalue weighted by Crippen LogP contribution is -2.54. The summed E-state index contributed by atoms with van der Waals surface area (Å²) in [6.45, 7) is 1.66. The summed E-state index contributed by atoms with van der Waals surface area (Å²) in [5.41, 5.74) is 7.89. The Bertz CT molecular complexity index is 2240. The molecule has 0 unspecified atom stereocenters. The van der Waals surface area contributed by atoms with Crippen molar-refractivity contribution < 1.29 is 39.0 Å². The number of carboxylic acid groups (broad SMARTS) is 1. The number of carboxylic acids is 1. The van der Waals surface area contributed by atoms with E-state index in [9.17, 15) is 44.2 Å². The molecule has 1 aliphatic heterocycles. The van der Waals surface area contributed by atoms with Gasteiger partial charge in [-0.15, -0.1) is 0 Å². The van der Waals surface area contributed by atoms with E-state index in [0.717, 1.165) is 16.0 Å². The van der Waals surface area contributed by atoms with E-state index < -0.39 is 53.8 Å². The number of carbonyl (C=O) groups is 6. The molecule has 4 atom stereocenters. The number of fused-ring (bicyclic) bond motifs is 5. The second-order valence-corrected chi connectivity index (χ2v) is 14.1. The van der Waals surface area contributed by atoms with Crippen LogP contribution in [0, 0.1) is 11.3 Å². The van der Waals surface area contributed by atoms with E-state index in [1.165, 1.54) is 44.3 Å². The number of amides is 4. The normalized spacial score (nSPS) is 17.1. The number of halogens is 1. The first-order chi connectivity index (χ1) is 27.3. The molecule has 0 radical (unpaired) electrons. The predicted molar refractivity (Wildman–Crippen MR) is 211 cm³/mol. The van der Waals surface area contributed by atoms with Crippen LogP contribution in [0.2, 0.25) is 5.02 Å². The van der Waals surface area contributed by atoms with Crippen molar-refractivity contribution in [1.29, 1.82) is 5.26 Å². The van der Waals surface area contributed by atoms with Gasteiger partial charge in [-0.05, 0) is 109 Å². The SMILES string of the molecule is C[C@@H]1NC(=O)[C@@H](N(C)C(=O)[C@H](CCCCN)NC(=O)c2ccc(-c3ccc(Cl)cc3)cc2)c2cc(C#N)c(C=O)c(c2)-c2cc(ccc2O)C[C@@H](C(=O)O)NC1=O. The van der Waals surface area contributed by atoms with Crippen LogP contribution < -0.4 is 21.7 Å².